The predicted molar refractivity (Wildman–Crippen MR) is 113 cm³/mol. The van der Waals surface area contributed by atoms with Crippen LogP contribution in [0.5, 0.6) is 0 Å². The Labute approximate surface area is 174 Å². The molecular weight excluding hydrogens is 440 g/mol. The van der Waals surface area contributed by atoms with Crippen molar-refractivity contribution in [2.45, 2.75) is 37.5 Å². The van der Waals surface area contributed by atoms with Gasteiger partial charge in [0.25, 0.3) is 5.91 Å². The van der Waals surface area contributed by atoms with E-state index in [0.29, 0.717) is 30.1 Å². The summed E-state index contributed by atoms with van der Waals surface area (Å²) in [6, 6.07) is 10.8. The Kier molecular flexibility index (Phi) is 5.33. The molecule has 2 aromatic carbocycles. The molecule has 0 bridgehead atoms. The fourth-order valence-electron chi connectivity index (χ4n) is 4.03. The molecule has 0 aromatic heterocycles. The highest BCUT2D eigenvalue weighted by molar-refractivity contribution is 9.10. The number of carbonyl (C=O) groups excluding carboxylic acids is 1. The molecule has 0 saturated carbocycles. The highest BCUT2D eigenvalue weighted by Crippen LogP contribution is 2.32. The molecule has 0 atom stereocenters. The number of aryl methyl sites for hydroxylation is 2. The lowest BCUT2D eigenvalue weighted by Crippen LogP contribution is -2.36. The number of amides is 1. The Balaban J connectivity index is 1.68. The van der Waals surface area contributed by atoms with Crippen LogP contribution in [0.3, 0.4) is 0 Å². The van der Waals surface area contributed by atoms with Crippen molar-refractivity contribution in [1.82, 2.24) is 4.31 Å². The highest BCUT2D eigenvalue weighted by atomic mass is 79.9. The van der Waals surface area contributed by atoms with Gasteiger partial charge < -0.3 is 4.90 Å². The summed E-state index contributed by atoms with van der Waals surface area (Å²) in [6.07, 6.45) is 3.43. The summed E-state index contributed by atoms with van der Waals surface area (Å²) in [4.78, 5) is 15.3. The molecule has 4 rings (SSSR count). The minimum absolute atomic E-state index is 0.0406. The number of fused-ring (bicyclic) bond motifs is 1. The SMILES string of the molecule is Cc1cc(Br)ccc1C(=O)N1CCCc2cc(S(=O)(=O)N3CCCC3)ccc21. The Morgan fingerprint density at radius 3 is 2.46 bits per heavy atom. The number of carbonyl (C=O) groups is 1. The van der Waals surface area contributed by atoms with E-state index < -0.39 is 10.0 Å². The first-order chi connectivity index (χ1) is 13.4. The number of anilines is 1. The second-order valence-electron chi connectivity index (χ2n) is 7.42. The first-order valence-electron chi connectivity index (χ1n) is 9.59. The first kappa shape index (κ1) is 19.6. The lowest BCUT2D eigenvalue weighted by atomic mass is 10.00. The third kappa shape index (κ3) is 3.51. The average Bonchev–Trinajstić information content (AvgIpc) is 3.22. The lowest BCUT2D eigenvalue weighted by Gasteiger charge is -2.30. The van der Waals surface area contributed by atoms with E-state index in [9.17, 15) is 13.2 Å². The van der Waals surface area contributed by atoms with E-state index in [0.717, 1.165) is 47.0 Å². The summed E-state index contributed by atoms with van der Waals surface area (Å²) in [5.41, 5.74) is 3.33. The van der Waals surface area contributed by atoms with Gasteiger partial charge in [-0.15, -0.1) is 0 Å². The van der Waals surface area contributed by atoms with E-state index in [-0.39, 0.29) is 5.91 Å². The zero-order valence-electron chi connectivity index (χ0n) is 15.8. The smallest absolute Gasteiger partial charge is 0.258 e. The summed E-state index contributed by atoms with van der Waals surface area (Å²) < 4.78 is 28.3. The quantitative estimate of drug-likeness (QED) is 0.688. The van der Waals surface area contributed by atoms with Gasteiger partial charge in [-0.2, -0.15) is 4.31 Å². The van der Waals surface area contributed by atoms with E-state index >= 15 is 0 Å². The van der Waals surface area contributed by atoms with Crippen molar-refractivity contribution in [3.05, 3.63) is 57.6 Å². The molecule has 2 heterocycles. The highest BCUT2D eigenvalue weighted by Gasteiger charge is 2.30. The van der Waals surface area contributed by atoms with Gasteiger partial charge >= 0.3 is 0 Å². The molecular formula is C21H23BrN2O3S. The van der Waals surface area contributed by atoms with Crippen LogP contribution in [0, 0.1) is 6.92 Å². The maximum atomic E-state index is 13.2. The molecule has 0 aliphatic carbocycles. The Hall–Kier alpha value is -1.70. The molecule has 1 saturated heterocycles. The van der Waals surface area contributed by atoms with Crippen molar-refractivity contribution in [3.63, 3.8) is 0 Å². The summed E-state index contributed by atoms with van der Waals surface area (Å²) in [5.74, 6) is -0.0406. The van der Waals surface area contributed by atoms with Crippen molar-refractivity contribution in [2.75, 3.05) is 24.5 Å². The van der Waals surface area contributed by atoms with Crippen LogP contribution < -0.4 is 4.90 Å². The molecule has 0 radical (unpaired) electrons. The van der Waals surface area contributed by atoms with Crippen LogP contribution in [0.1, 0.15) is 40.7 Å². The summed E-state index contributed by atoms with van der Waals surface area (Å²) in [7, 11) is -3.45. The number of sulfonamides is 1. The molecule has 1 fully saturated rings. The van der Waals surface area contributed by atoms with Gasteiger partial charge in [0.05, 0.1) is 4.90 Å². The number of benzene rings is 2. The number of hydrogen-bond acceptors (Lipinski definition) is 3. The third-order valence-electron chi connectivity index (χ3n) is 5.54. The summed E-state index contributed by atoms with van der Waals surface area (Å²) in [5, 5.41) is 0. The fraction of sp³-hybridized carbons (Fsp3) is 0.381. The van der Waals surface area contributed by atoms with Crippen LogP contribution in [-0.4, -0.2) is 38.3 Å². The van der Waals surface area contributed by atoms with Crippen LogP contribution in [0.2, 0.25) is 0 Å². The van der Waals surface area contributed by atoms with Gasteiger partial charge in [-0.1, -0.05) is 15.9 Å². The molecule has 2 aliphatic rings. The van der Waals surface area contributed by atoms with E-state index in [1.165, 1.54) is 0 Å². The van der Waals surface area contributed by atoms with Gasteiger partial charge in [0.2, 0.25) is 10.0 Å². The first-order valence-corrected chi connectivity index (χ1v) is 11.8. The fourth-order valence-corrected chi connectivity index (χ4v) is 6.08. The van der Waals surface area contributed by atoms with Crippen LogP contribution in [0.25, 0.3) is 0 Å². The average molecular weight is 463 g/mol. The Morgan fingerprint density at radius 1 is 1.00 bits per heavy atom. The van der Waals surface area contributed by atoms with Gasteiger partial charge in [0.1, 0.15) is 0 Å². The molecule has 2 aliphatic heterocycles. The maximum absolute atomic E-state index is 13.2. The number of halogens is 1. The maximum Gasteiger partial charge on any atom is 0.258 e. The third-order valence-corrected chi connectivity index (χ3v) is 7.92. The predicted octanol–water partition coefficient (Wildman–Crippen LogP) is 4.14. The molecule has 7 heteroatoms. The Bertz CT molecular complexity index is 1030. The summed E-state index contributed by atoms with van der Waals surface area (Å²) in [6.45, 7) is 3.74. The van der Waals surface area contributed by atoms with Crippen molar-refractivity contribution in [1.29, 1.82) is 0 Å². The van der Waals surface area contributed by atoms with Gasteiger partial charge in [-0.25, -0.2) is 8.42 Å². The molecule has 148 valence electrons. The van der Waals surface area contributed by atoms with Crippen molar-refractivity contribution < 1.29 is 13.2 Å². The van der Waals surface area contributed by atoms with E-state index in [1.54, 1.807) is 27.4 Å². The van der Waals surface area contributed by atoms with Crippen molar-refractivity contribution in [3.8, 4) is 0 Å². The number of nitrogens with zero attached hydrogens (tertiary/aromatic N) is 2. The van der Waals surface area contributed by atoms with Crippen LogP contribution in [0.4, 0.5) is 5.69 Å². The lowest BCUT2D eigenvalue weighted by molar-refractivity contribution is 0.0984. The molecule has 1 amide bonds. The largest absolute Gasteiger partial charge is 0.308 e. The number of rotatable bonds is 3. The molecule has 0 unspecified atom stereocenters. The van der Waals surface area contributed by atoms with E-state index in [1.807, 2.05) is 25.1 Å². The van der Waals surface area contributed by atoms with Crippen molar-refractivity contribution in [2.24, 2.45) is 0 Å². The van der Waals surface area contributed by atoms with E-state index in [4.69, 9.17) is 0 Å². The van der Waals surface area contributed by atoms with Gasteiger partial charge in [0.15, 0.2) is 0 Å². The van der Waals surface area contributed by atoms with Crippen LogP contribution >= 0.6 is 15.9 Å². The van der Waals surface area contributed by atoms with E-state index in [2.05, 4.69) is 15.9 Å². The molecule has 28 heavy (non-hydrogen) atoms. The standard InChI is InChI=1S/C21H23BrN2O3S/c1-15-13-17(22)6-8-19(15)21(25)24-12-4-5-16-14-18(7-9-20(16)24)28(26,27)23-10-2-3-11-23/h6-9,13-14H,2-5,10-12H2,1H3. The van der Waals surface area contributed by atoms with Crippen molar-refractivity contribution >= 4 is 37.5 Å². The minimum Gasteiger partial charge on any atom is -0.308 e. The van der Waals surface area contributed by atoms with Gasteiger partial charge in [0, 0.05) is 35.4 Å². The molecule has 0 N–H and O–H groups in total. The van der Waals surface area contributed by atoms with Gasteiger partial charge in [-0.05, 0) is 80.1 Å². The zero-order chi connectivity index (χ0) is 19.9. The molecule has 2 aromatic rings. The van der Waals surface area contributed by atoms with Crippen LogP contribution in [0.15, 0.2) is 45.8 Å². The second kappa shape index (κ2) is 7.61. The zero-order valence-corrected chi connectivity index (χ0v) is 18.2. The Morgan fingerprint density at radius 2 is 1.75 bits per heavy atom. The minimum atomic E-state index is -3.45. The van der Waals surface area contributed by atoms with Crippen LogP contribution in [-0.2, 0) is 16.4 Å². The summed E-state index contributed by atoms with van der Waals surface area (Å²) >= 11 is 3.44. The number of hydrogen-bond donors (Lipinski definition) is 0. The van der Waals surface area contributed by atoms with Gasteiger partial charge in [-0.3, -0.25) is 4.79 Å². The monoisotopic (exact) mass is 462 g/mol. The normalized spacial score (nSPS) is 17.6. The second-order valence-corrected chi connectivity index (χ2v) is 10.3. The topological polar surface area (TPSA) is 57.7 Å². The molecule has 0 spiro atoms. The molecule has 5 nitrogen and oxygen atoms in total.